The second-order valence-electron chi connectivity index (χ2n) is 4.90. The largest absolute Gasteiger partial charge is 0.462 e. The number of hydrogen-bond donors (Lipinski definition) is 1. The third-order valence-electron chi connectivity index (χ3n) is 3.24. The molecule has 0 unspecified atom stereocenters. The van der Waals surface area contributed by atoms with Gasteiger partial charge in [-0.15, -0.1) is 0 Å². The molecule has 0 bridgehead atoms. The van der Waals surface area contributed by atoms with Crippen molar-refractivity contribution in [2.75, 3.05) is 18.5 Å². The predicted molar refractivity (Wildman–Crippen MR) is 94.0 cm³/mol. The number of anilines is 1. The highest BCUT2D eigenvalue weighted by molar-refractivity contribution is 9.10. The van der Waals surface area contributed by atoms with E-state index in [9.17, 15) is 9.59 Å². The fourth-order valence-corrected chi connectivity index (χ4v) is 2.30. The molecule has 0 aliphatic heterocycles. The van der Waals surface area contributed by atoms with E-state index >= 15 is 0 Å². The summed E-state index contributed by atoms with van der Waals surface area (Å²) in [6, 6.07) is 14.3. The summed E-state index contributed by atoms with van der Waals surface area (Å²) in [6.07, 6.45) is 0.404. The number of carbonyl (C=O) groups excluding carboxylic acids is 2. The van der Waals surface area contributed by atoms with Gasteiger partial charge in [0.1, 0.15) is 0 Å². The first-order chi connectivity index (χ1) is 11.1. The smallest absolute Gasteiger partial charge is 0.338 e. The van der Waals surface area contributed by atoms with Gasteiger partial charge >= 0.3 is 5.97 Å². The van der Waals surface area contributed by atoms with Gasteiger partial charge in [-0.1, -0.05) is 28.1 Å². The van der Waals surface area contributed by atoms with Gasteiger partial charge in [0.2, 0.25) is 0 Å². The molecule has 0 aromatic heterocycles. The van der Waals surface area contributed by atoms with Crippen LogP contribution < -0.4 is 5.32 Å². The molecule has 0 heterocycles. The first-order valence-corrected chi connectivity index (χ1v) is 8.19. The monoisotopic (exact) mass is 375 g/mol. The van der Waals surface area contributed by atoms with Crippen LogP contribution in [0, 0.1) is 0 Å². The van der Waals surface area contributed by atoms with Crippen molar-refractivity contribution in [3.63, 3.8) is 0 Å². The van der Waals surface area contributed by atoms with E-state index in [-0.39, 0.29) is 11.8 Å². The van der Waals surface area contributed by atoms with Crippen molar-refractivity contribution in [1.29, 1.82) is 0 Å². The maximum absolute atomic E-state index is 12.0. The molecule has 0 atom stereocenters. The topological polar surface area (TPSA) is 55.4 Å². The Morgan fingerprint density at radius 3 is 2.22 bits per heavy atom. The summed E-state index contributed by atoms with van der Waals surface area (Å²) in [5, 5.41) is 3.17. The second kappa shape index (κ2) is 8.48. The quantitative estimate of drug-likeness (QED) is 0.578. The van der Waals surface area contributed by atoms with Crippen LogP contribution in [-0.4, -0.2) is 24.9 Å². The van der Waals surface area contributed by atoms with Crippen molar-refractivity contribution in [3.8, 4) is 0 Å². The van der Waals surface area contributed by atoms with Crippen molar-refractivity contribution < 1.29 is 14.3 Å². The van der Waals surface area contributed by atoms with E-state index in [0.29, 0.717) is 30.7 Å². The van der Waals surface area contributed by atoms with Gasteiger partial charge in [0, 0.05) is 28.7 Å². The Balaban J connectivity index is 1.83. The summed E-state index contributed by atoms with van der Waals surface area (Å²) >= 11 is 3.35. The molecule has 4 nitrogen and oxygen atoms in total. The standard InChI is InChI=1S/C18H18BrNO3/c1-2-23-18(22)14-5-9-16(10-6-14)20-12-11-17(21)13-3-7-15(19)8-4-13/h3-10,20H,2,11-12H2,1H3. The minimum Gasteiger partial charge on any atom is -0.462 e. The molecule has 0 aliphatic rings. The van der Waals surface area contributed by atoms with E-state index in [0.717, 1.165) is 10.2 Å². The molecule has 2 rings (SSSR count). The lowest BCUT2D eigenvalue weighted by molar-refractivity contribution is 0.0526. The first kappa shape index (κ1) is 17.2. The first-order valence-electron chi connectivity index (χ1n) is 7.40. The Morgan fingerprint density at radius 1 is 1.00 bits per heavy atom. The second-order valence-corrected chi connectivity index (χ2v) is 5.82. The molecule has 0 spiro atoms. The average molecular weight is 376 g/mol. The van der Waals surface area contributed by atoms with Gasteiger partial charge in [-0.25, -0.2) is 4.79 Å². The normalized spacial score (nSPS) is 10.2. The third kappa shape index (κ3) is 5.21. The van der Waals surface area contributed by atoms with Gasteiger partial charge in [-0.05, 0) is 43.3 Å². The van der Waals surface area contributed by atoms with Gasteiger partial charge in [-0.2, -0.15) is 0 Å². The van der Waals surface area contributed by atoms with Crippen LogP contribution in [0.4, 0.5) is 5.69 Å². The number of ether oxygens (including phenoxy) is 1. The fourth-order valence-electron chi connectivity index (χ4n) is 2.04. The number of benzene rings is 2. The molecule has 0 saturated heterocycles. The lowest BCUT2D eigenvalue weighted by Gasteiger charge is -2.07. The Labute approximate surface area is 144 Å². The summed E-state index contributed by atoms with van der Waals surface area (Å²) in [7, 11) is 0. The van der Waals surface area contributed by atoms with Crippen LogP contribution in [-0.2, 0) is 4.74 Å². The predicted octanol–water partition coefficient (Wildman–Crippen LogP) is 4.31. The summed E-state index contributed by atoms with van der Waals surface area (Å²) in [6.45, 7) is 2.67. The SMILES string of the molecule is CCOC(=O)c1ccc(NCCC(=O)c2ccc(Br)cc2)cc1. The molecular formula is C18H18BrNO3. The number of carbonyl (C=O) groups is 2. The molecule has 0 aliphatic carbocycles. The van der Waals surface area contributed by atoms with Gasteiger partial charge < -0.3 is 10.1 Å². The number of rotatable bonds is 7. The number of nitrogens with one attached hydrogen (secondary N) is 1. The molecule has 0 fully saturated rings. The fraction of sp³-hybridized carbons (Fsp3) is 0.222. The summed E-state index contributed by atoms with van der Waals surface area (Å²) in [4.78, 5) is 23.6. The van der Waals surface area contributed by atoms with E-state index in [1.807, 2.05) is 12.1 Å². The van der Waals surface area contributed by atoms with E-state index in [4.69, 9.17) is 4.74 Å². The van der Waals surface area contributed by atoms with Gasteiger partial charge in [0.25, 0.3) is 0 Å². The molecule has 5 heteroatoms. The number of esters is 1. The molecule has 120 valence electrons. The van der Waals surface area contributed by atoms with Crippen molar-refractivity contribution >= 4 is 33.4 Å². The molecule has 2 aromatic carbocycles. The molecule has 0 saturated carbocycles. The highest BCUT2D eigenvalue weighted by Crippen LogP contribution is 2.13. The minimum absolute atomic E-state index is 0.0909. The molecular weight excluding hydrogens is 358 g/mol. The van der Waals surface area contributed by atoms with Gasteiger partial charge in [0.05, 0.1) is 12.2 Å². The third-order valence-corrected chi connectivity index (χ3v) is 3.77. The average Bonchev–Trinajstić information content (AvgIpc) is 2.56. The van der Waals surface area contributed by atoms with Crippen molar-refractivity contribution in [3.05, 3.63) is 64.1 Å². The molecule has 23 heavy (non-hydrogen) atoms. The zero-order valence-corrected chi connectivity index (χ0v) is 14.4. The number of hydrogen-bond acceptors (Lipinski definition) is 4. The number of Topliss-reactive ketones (excluding diaryl/α,β-unsaturated/α-hetero) is 1. The van der Waals surface area contributed by atoms with E-state index in [1.165, 1.54) is 0 Å². The lowest BCUT2D eigenvalue weighted by atomic mass is 10.1. The maximum atomic E-state index is 12.0. The van der Waals surface area contributed by atoms with Crippen LogP contribution >= 0.6 is 15.9 Å². The Morgan fingerprint density at radius 2 is 1.61 bits per heavy atom. The molecule has 0 amide bonds. The van der Waals surface area contributed by atoms with E-state index < -0.39 is 0 Å². The number of ketones is 1. The Kier molecular flexibility index (Phi) is 6.35. The van der Waals surface area contributed by atoms with Crippen LogP contribution in [0.15, 0.2) is 53.0 Å². The zero-order chi connectivity index (χ0) is 16.7. The Bertz CT molecular complexity index is 666. The highest BCUT2D eigenvalue weighted by atomic mass is 79.9. The van der Waals surface area contributed by atoms with E-state index in [2.05, 4.69) is 21.2 Å². The summed E-state index contributed by atoms with van der Waals surface area (Å²) in [5.41, 5.74) is 2.08. The lowest BCUT2D eigenvalue weighted by Crippen LogP contribution is -2.09. The molecule has 1 N–H and O–H groups in total. The van der Waals surface area contributed by atoms with Gasteiger partial charge in [0.15, 0.2) is 5.78 Å². The highest BCUT2D eigenvalue weighted by Gasteiger charge is 2.07. The zero-order valence-electron chi connectivity index (χ0n) is 12.8. The molecule has 0 radical (unpaired) electrons. The summed E-state index contributed by atoms with van der Waals surface area (Å²) in [5.74, 6) is -0.238. The van der Waals surface area contributed by atoms with Gasteiger partial charge in [-0.3, -0.25) is 4.79 Å². The Hall–Kier alpha value is -2.14. The van der Waals surface area contributed by atoms with Crippen molar-refractivity contribution in [2.24, 2.45) is 0 Å². The van der Waals surface area contributed by atoms with Crippen LogP contribution in [0.1, 0.15) is 34.1 Å². The van der Waals surface area contributed by atoms with Crippen LogP contribution in [0.2, 0.25) is 0 Å². The minimum atomic E-state index is -0.329. The van der Waals surface area contributed by atoms with Crippen LogP contribution in [0.3, 0.4) is 0 Å². The van der Waals surface area contributed by atoms with E-state index in [1.54, 1.807) is 43.3 Å². The van der Waals surface area contributed by atoms with Crippen molar-refractivity contribution in [1.82, 2.24) is 0 Å². The maximum Gasteiger partial charge on any atom is 0.338 e. The summed E-state index contributed by atoms with van der Waals surface area (Å²) < 4.78 is 5.88. The van der Waals surface area contributed by atoms with Crippen LogP contribution in [0.25, 0.3) is 0 Å². The van der Waals surface area contributed by atoms with Crippen molar-refractivity contribution in [2.45, 2.75) is 13.3 Å². The van der Waals surface area contributed by atoms with Crippen LogP contribution in [0.5, 0.6) is 0 Å². The molecule has 2 aromatic rings. The number of halogens is 1.